The highest BCUT2D eigenvalue weighted by Gasteiger charge is 2.41. The van der Waals surface area contributed by atoms with Gasteiger partial charge >= 0.3 is 0 Å². The number of nitrogens with one attached hydrogen (secondary N) is 2. The van der Waals surface area contributed by atoms with Crippen LogP contribution in [0.5, 0.6) is 5.75 Å². The molecule has 0 atom stereocenters. The lowest BCUT2D eigenvalue weighted by Crippen LogP contribution is -2.37. The van der Waals surface area contributed by atoms with Gasteiger partial charge in [0.1, 0.15) is 5.76 Å². The molecule has 1 saturated carbocycles. The highest BCUT2D eigenvalue weighted by molar-refractivity contribution is 5.77. The first kappa shape index (κ1) is 18.2. The van der Waals surface area contributed by atoms with Gasteiger partial charge in [-0.2, -0.15) is 5.10 Å². The highest BCUT2D eigenvalue weighted by Crippen LogP contribution is 2.44. The number of aromatic amines is 1. The maximum absolute atomic E-state index is 12.6. The lowest BCUT2D eigenvalue weighted by atomic mass is 9.69. The van der Waals surface area contributed by atoms with E-state index in [1.165, 1.54) is 6.07 Å². The third-order valence-electron chi connectivity index (χ3n) is 5.25. The van der Waals surface area contributed by atoms with E-state index in [0.717, 1.165) is 30.5 Å². The Bertz CT molecular complexity index is 847. The van der Waals surface area contributed by atoms with Crippen LogP contribution >= 0.6 is 0 Å². The van der Waals surface area contributed by atoms with E-state index in [1.807, 2.05) is 6.92 Å². The summed E-state index contributed by atoms with van der Waals surface area (Å²) >= 11 is 0. The number of hydrogen-bond donors (Lipinski definition) is 3. The largest absolute Gasteiger partial charge is 0.502 e. The summed E-state index contributed by atoms with van der Waals surface area (Å²) in [6.45, 7) is 3.97. The second kappa shape index (κ2) is 7.35. The smallest absolute Gasteiger partial charge is 0.227 e. The van der Waals surface area contributed by atoms with Crippen LogP contribution in [0.25, 0.3) is 0 Å². The standard InChI is InChI=1S/C19H25N3O4/c1-12-8-15(23)17(25)18(26-12)19(6-4-3-5-7-19)9-16(24)20-10-14-11-21-22-13(14)2/h8,11,25H,3-7,9-10H2,1-2H3,(H,20,24)(H,21,22). The Hall–Kier alpha value is -2.57. The lowest BCUT2D eigenvalue weighted by Gasteiger charge is -2.36. The number of aromatic nitrogens is 2. The zero-order valence-corrected chi connectivity index (χ0v) is 15.2. The van der Waals surface area contributed by atoms with E-state index in [4.69, 9.17) is 4.42 Å². The van der Waals surface area contributed by atoms with Gasteiger partial charge in [-0.05, 0) is 26.7 Å². The number of carbonyl (C=O) groups excluding carboxylic acids is 1. The fraction of sp³-hybridized carbons (Fsp3) is 0.526. The summed E-state index contributed by atoms with van der Waals surface area (Å²) in [6, 6.07) is 1.27. The van der Waals surface area contributed by atoms with Gasteiger partial charge < -0.3 is 14.8 Å². The molecular formula is C19H25N3O4. The molecular weight excluding hydrogens is 334 g/mol. The van der Waals surface area contributed by atoms with Crippen molar-refractivity contribution in [2.24, 2.45) is 0 Å². The maximum atomic E-state index is 12.6. The molecule has 3 rings (SSSR count). The van der Waals surface area contributed by atoms with Gasteiger partial charge in [0.05, 0.1) is 6.20 Å². The molecule has 1 fully saturated rings. The molecule has 26 heavy (non-hydrogen) atoms. The average Bonchev–Trinajstić information content (AvgIpc) is 3.02. The fourth-order valence-electron chi connectivity index (χ4n) is 3.79. The fourth-order valence-corrected chi connectivity index (χ4v) is 3.79. The van der Waals surface area contributed by atoms with E-state index in [-0.39, 0.29) is 23.8 Å². The minimum atomic E-state index is -0.636. The van der Waals surface area contributed by atoms with Crippen LogP contribution in [0, 0.1) is 13.8 Å². The molecule has 0 aromatic carbocycles. The van der Waals surface area contributed by atoms with Crippen molar-refractivity contribution in [2.45, 2.75) is 64.3 Å². The molecule has 7 heteroatoms. The van der Waals surface area contributed by atoms with Crippen molar-refractivity contribution < 1.29 is 14.3 Å². The number of nitrogens with zero attached hydrogens (tertiary/aromatic N) is 1. The van der Waals surface area contributed by atoms with Gasteiger partial charge in [-0.3, -0.25) is 14.7 Å². The Kier molecular flexibility index (Phi) is 5.15. The van der Waals surface area contributed by atoms with Crippen LogP contribution in [-0.2, 0) is 16.8 Å². The minimum absolute atomic E-state index is 0.129. The topological polar surface area (TPSA) is 108 Å². The summed E-state index contributed by atoms with van der Waals surface area (Å²) in [5, 5.41) is 20.0. The molecule has 140 valence electrons. The first-order valence-corrected chi connectivity index (χ1v) is 9.01. The molecule has 1 amide bonds. The zero-order chi connectivity index (χ0) is 18.7. The van der Waals surface area contributed by atoms with E-state index in [9.17, 15) is 14.7 Å². The Balaban J connectivity index is 1.83. The minimum Gasteiger partial charge on any atom is -0.502 e. The normalized spacial score (nSPS) is 16.4. The predicted molar refractivity (Wildman–Crippen MR) is 95.9 cm³/mol. The average molecular weight is 359 g/mol. The van der Waals surface area contributed by atoms with E-state index in [1.54, 1.807) is 13.1 Å². The van der Waals surface area contributed by atoms with Crippen molar-refractivity contribution in [3.05, 3.63) is 45.3 Å². The lowest BCUT2D eigenvalue weighted by molar-refractivity contribution is -0.123. The second-order valence-electron chi connectivity index (χ2n) is 7.21. The molecule has 1 aliphatic carbocycles. The summed E-state index contributed by atoms with van der Waals surface area (Å²) in [5.41, 5.74) is 0.757. The molecule has 1 aliphatic rings. The van der Waals surface area contributed by atoms with Gasteiger partial charge in [-0.25, -0.2) is 0 Å². The number of carbonyl (C=O) groups is 1. The van der Waals surface area contributed by atoms with Crippen LogP contribution in [-0.4, -0.2) is 21.2 Å². The van der Waals surface area contributed by atoms with Gasteiger partial charge in [-0.1, -0.05) is 19.3 Å². The van der Waals surface area contributed by atoms with Crippen LogP contribution in [0.4, 0.5) is 0 Å². The van der Waals surface area contributed by atoms with Gasteiger partial charge in [0.15, 0.2) is 5.76 Å². The molecule has 7 nitrogen and oxygen atoms in total. The number of aromatic hydroxyl groups is 1. The molecule has 0 unspecified atom stereocenters. The Morgan fingerprint density at radius 1 is 1.35 bits per heavy atom. The molecule has 3 N–H and O–H groups in total. The van der Waals surface area contributed by atoms with E-state index in [2.05, 4.69) is 15.5 Å². The van der Waals surface area contributed by atoms with Crippen molar-refractivity contribution in [2.75, 3.05) is 0 Å². The van der Waals surface area contributed by atoms with Crippen LogP contribution in [0.2, 0.25) is 0 Å². The molecule has 0 aliphatic heterocycles. The molecule has 2 aromatic rings. The molecule has 0 radical (unpaired) electrons. The van der Waals surface area contributed by atoms with Crippen molar-refractivity contribution in [1.29, 1.82) is 0 Å². The summed E-state index contributed by atoms with van der Waals surface area (Å²) in [4.78, 5) is 24.7. The Morgan fingerprint density at radius 2 is 2.08 bits per heavy atom. The second-order valence-corrected chi connectivity index (χ2v) is 7.21. The van der Waals surface area contributed by atoms with Gasteiger partial charge in [0.2, 0.25) is 17.1 Å². The summed E-state index contributed by atoms with van der Waals surface area (Å²) in [6.07, 6.45) is 6.25. The molecule has 0 bridgehead atoms. The van der Waals surface area contributed by atoms with Crippen LogP contribution in [0.1, 0.15) is 61.3 Å². The van der Waals surface area contributed by atoms with Gasteiger partial charge in [0, 0.05) is 35.7 Å². The Morgan fingerprint density at radius 3 is 2.73 bits per heavy atom. The first-order chi connectivity index (χ1) is 12.4. The Labute approximate surface area is 151 Å². The maximum Gasteiger partial charge on any atom is 0.227 e. The number of amides is 1. The van der Waals surface area contributed by atoms with Crippen LogP contribution < -0.4 is 10.7 Å². The molecule has 0 saturated heterocycles. The molecule has 2 aromatic heterocycles. The van der Waals surface area contributed by atoms with E-state index < -0.39 is 10.8 Å². The zero-order valence-electron chi connectivity index (χ0n) is 15.2. The number of rotatable bonds is 5. The number of hydrogen-bond acceptors (Lipinski definition) is 5. The summed E-state index contributed by atoms with van der Waals surface area (Å²) in [5.74, 6) is 0.214. The monoisotopic (exact) mass is 359 g/mol. The first-order valence-electron chi connectivity index (χ1n) is 9.01. The van der Waals surface area contributed by atoms with E-state index in [0.29, 0.717) is 25.1 Å². The van der Waals surface area contributed by atoms with Crippen molar-refractivity contribution >= 4 is 5.91 Å². The molecule has 0 spiro atoms. The quantitative estimate of drug-likeness (QED) is 0.760. The van der Waals surface area contributed by atoms with Gasteiger partial charge in [-0.15, -0.1) is 0 Å². The predicted octanol–water partition coefficient (Wildman–Crippen LogP) is 2.59. The highest BCUT2D eigenvalue weighted by atomic mass is 16.4. The van der Waals surface area contributed by atoms with Crippen molar-refractivity contribution in [3.63, 3.8) is 0 Å². The van der Waals surface area contributed by atoms with Crippen LogP contribution in [0.15, 0.2) is 21.5 Å². The van der Waals surface area contributed by atoms with Gasteiger partial charge in [0.25, 0.3) is 0 Å². The third-order valence-corrected chi connectivity index (χ3v) is 5.25. The number of H-pyrrole nitrogens is 1. The summed E-state index contributed by atoms with van der Waals surface area (Å²) < 4.78 is 5.76. The summed E-state index contributed by atoms with van der Waals surface area (Å²) in [7, 11) is 0. The van der Waals surface area contributed by atoms with Crippen LogP contribution in [0.3, 0.4) is 0 Å². The third kappa shape index (κ3) is 3.66. The SMILES string of the molecule is Cc1cc(=O)c(O)c(C2(CC(=O)NCc3cn[nH]c3C)CCCCC2)o1. The van der Waals surface area contributed by atoms with E-state index >= 15 is 0 Å². The van der Waals surface area contributed by atoms with Crippen molar-refractivity contribution in [1.82, 2.24) is 15.5 Å². The number of aryl methyl sites for hydroxylation is 2. The van der Waals surface area contributed by atoms with Crippen molar-refractivity contribution in [3.8, 4) is 5.75 Å². The molecule has 2 heterocycles.